The molecule has 0 aliphatic carbocycles. The van der Waals surface area contributed by atoms with E-state index in [-0.39, 0.29) is 0 Å². The van der Waals surface area contributed by atoms with Crippen molar-refractivity contribution in [3.05, 3.63) is 47.8 Å². The molecule has 1 aromatic carbocycles. The van der Waals surface area contributed by atoms with Gasteiger partial charge >= 0.3 is 0 Å². The molecule has 1 unspecified atom stereocenters. The van der Waals surface area contributed by atoms with E-state index in [2.05, 4.69) is 32.6 Å². The molecule has 0 radical (unpaired) electrons. The number of hydrogen-bond acceptors (Lipinski definition) is 3. The van der Waals surface area contributed by atoms with Gasteiger partial charge in [-0.3, -0.25) is 9.67 Å². The number of methoxy groups -OCH3 is 1. The zero-order valence-electron chi connectivity index (χ0n) is 14.6. The third kappa shape index (κ3) is 3.69. The molecular weight excluding hydrogens is 302 g/mol. The number of nitrogens with one attached hydrogen (secondary N) is 1. The van der Waals surface area contributed by atoms with Crippen molar-refractivity contribution in [1.29, 1.82) is 0 Å². The fourth-order valence-corrected chi connectivity index (χ4v) is 3.17. The zero-order chi connectivity index (χ0) is 16.9. The third-order valence-electron chi connectivity index (χ3n) is 4.48. The van der Waals surface area contributed by atoms with Crippen LogP contribution in [-0.4, -0.2) is 47.9 Å². The molecule has 1 atom stereocenters. The van der Waals surface area contributed by atoms with Gasteiger partial charge in [0, 0.05) is 45.8 Å². The second-order valence-corrected chi connectivity index (χ2v) is 6.13. The first-order valence-electron chi connectivity index (χ1n) is 8.26. The summed E-state index contributed by atoms with van der Waals surface area (Å²) in [4.78, 5) is 6.76. The standard InChI is InChI=1S/C18H25N5O/c1-19-18(20-10-14-5-4-6-17(9-14)24-3)23-8-7-15(13-23)16-11-21-22(2)12-16/h4-6,9,11-12,15H,7-8,10,13H2,1-3H3,(H,19,20). The van der Waals surface area contributed by atoms with E-state index in [1.54, 1.807) is 7.11 Å². The highest BCUT2D eigenvalue weighted by Crippen LogP contribution is 2.26. The van der Waals surface area contributed by atoms with E-state index in [1.165, 1.54) is 11.1 Å². The number of aryl methyl sites for hydroxylation is 1. The van der Waals surface area contributed by atoms with Gasteiger partial charge < -0.3 is 15.0 Å². The van der Waals surface area contributed by atoms with Crippen molar-refractivity contribution < 1.29 is 4.74 Å². The predicted molar refractivity (Wildman–Crippen MR) is 95.3 cm³/mol. The molecule has 2 heterocycles. The number of ether oxygens (including phenoxy) is 1. The lowest BCUT2D eigenvalue weighted by atomic mass is 10.0. The van der Waals surface area contributed by atoms with Crippen molar-refractivity contribution in [3.8, 4) is 5.75 Å². The topological polar surface area (TPSA) is 54.7 Å². The molecule has 0 amide bonds. The number of aromatic nitrogens is 2. The van der Waals surface area contributed by atoms with Crippen molar-refractivity contribution in [3.63, 3.8) is 0 Å². The highest BCUT2D eigenvalue weighted by molar-refractivity contribution is 5.80. The van der Waals surface area contributed by atoms with E-state index >= 15 is 0 Å². The lowest BCUT2D eigenvalue weighted by Crippen LogP contribution is -2.39. The third-order valence-corrected chi connectivity index (χ3v) is 4.48. The van der Waals surface area contributed by atoms with Crippen LogP contribution in [0.2, 0.25) is 0 Å². The van der Waals surface area contributed by atoms with Gasteiger partial charge in [0.1, 0.15) is 5.75 Å². The summed E-state index contributed by atoms with van der Waals surface area (Å²) in [6.45, 7) is 2.72. The molecule has 0 saturated carbocycles. The van der Waals surface area contributed by atoms with E-state index in [0.717, 1.165) is 37.8 Å². The van der Waals surface area contributed by atoms with Crippen LogP contribution in [0.5, 0.6) is 5.75 Å². The molecule has 128 valence electrons. The maximum atomic E-state index is 5.28. The van der Waals surface area contributed by atoms with Crippen LogP contribution in [0.4, 0.5) is 0 Å². The molecule has 0 spiro atoms. The lowest BCUT2D eigenvalue weighted by molar-refractivity contribution is 0.414. The van der Waals surface area contributed by atoms with E-state index in [4.69, 9.17) is 4.74 Å². The Morgan fingerprint density at radius 1 is 1.46 bits per heavy atom. The predicted octanol–water partition coefficient (Wildman–Crippen LogP) is 1.99. The molecule has 6 nitrogen and oxygen atoms in total. The minimum Gasteiger partial charge on any atom is -0.497 e. The number of guanidine groups is 1. The molecule has 1 aliphatic heterocycles. The molecule has 1 aliphatic rings. The number of benzene rings is 1. The van der Waals surface area contributed by atoms with Crippen LogP contribution in [0.25, 0.3) is 0 Å². The summed E-state index contributed by atoms with van der Waals surface area (Å²) in [5.74, 6) is 2.35. The lowest BCUT2D eigenvalue weighted by Gasteiger charge is -2.21. The fourth-order valence-electron chi connectivity index (χ4n) is 3.17. The van der Waals surface area contributed by atoms with Gasteiger partial charge in [-0.1, -0.05) is 12.1 Å². The molecule has 1 aromatic heterocycles. The summed E-state index contributed by atoms with van der Waals surface area (Å²) in [5, 5.41) is 7.74. The number of rotatable bonds is 4. The van der Waals surface area contributed by atoms with Crippen LogP contribution >= 0.6 is 0 Å². The van der Waals surface area contributed by atoms with Gasteiger partial charge in [0.2, 0.25) is 0 Å². The first-order chi connectivity index (χ1) is 11.7. The van der Waals surface area contributed by atoms with Crippen LogP contribution in [0, 0.1) is 0 Å². The molecule has 24 heavy (non-hydrogen) atoms. The summed E-state index contributed by atoms with van der Waals surface area (Å²) in [6, 6.07) is 8.10. The van der Waals surface area contributed by atoms with E-state index in [0.29, 0.717) is 5.92 Å². The monoisotopic (exact) mass is 327 g/mol. The normalized spacial score (nSPS) is 18.0. The van der Waals surface area contributed by atoms with Gasteiger partial charge in [-0.05, 0) is 29.7 Å². The van der Waals surface area contributed by atoms with Crippen LogP contribution in [-0.2, 0) is 13.6 Å². The van der Waals surface area contributed by atoms with Gasteiger partial charge in [0.15, 0.2) is 5.96 Å². The molecule has 1 N–H and O–H groups in total. The molecule has 0 bridgehead atoms. The average Bonchev–Trinajstić information content (AvgIpc) is 3.25. The van der Waals surface area contributed by atoms with Gasteiger partial charge in [-0.25, -0.2) is 0 Å². The van der Waals surface area contributed by atoms with Gasteiger partial charge in [-0.15, -0.1) is 0 Å². The molecule has 1 fully saturated rings. The van der Waals surface area contributed by atoms with Crippen molar-refractivity contribution in [2.24, 2.45) is 12.0 Å². The largest absolute Gasteiger partial charge is 0.497 e. The van der Waals surface area contributed by atoms with Crippen molar-refractivity contribution in [2.45, 2.75) is 18.9 Å². The second-order valence-electron chi connectivity index (χ2n) is 6.13. The summed E-state index contributed by atoms with van der Waals surface area (Å²) in [5.41, 5.74) is 2.49. The highest BCUT2D eigenvalue weighted by Gasteiger charge is 2.26. The molecule has 3 rings (SSSR count). The Hall–Kier alpha value is -2.50. The Morgan fingerprint density at radius 2 is 2.33 bits per heavy atom. The SMILES string of the molecule is CN=C(NCc1cccc(OC)c1)N1CCC(c2cnn(C)c2)C1. The van der Waals surface area contributed by atoms with E-state index in [1.807, 2.05) is 43.2 Å². The maximum absolute atomic E-state index is 5.28. The minimum atomic E-state index is 0.522. The number of aliphatic imine (C=N–C) groups is 1. The molecular formula is C18H25N5O. The number of nitrogens with zero attached hydrogens (tertiary/aromatic N) is 4. The number of hydrogen-bond donors (Lipinski definition) is 1. The summed E-state index contributed by atoms with van der Waals surface area (Å²) in [7, 11) is 5.49. The number of likely N-dealkylation sites (tertiary alicyclic amines) is 1. The van der Waals surface area contributed by atoms with Crippen molar-refractivity contribution in [1.82, 2.24) is 20.0 Å². The Kier molecular flexibility index (Phi) is 5.03. The maximum Gasteiger partial charge on any atom is 0.193 e. The van der Waals surface area contributed by atoms with Gasteiger partial charge in [-0.2, -0.15) is 5.10 Å². The van der Waals surface area contributed by atoms with Gasteiger partial charge in [0.25, 0.3) is 0 Å². The Labute approximate surface area is 143 Å². The highest BCUT2D eigenvalue weighted by atomic mass is 16.5. The van der Waals surface area contributed by atoms with Gasteiger partial charge in [0.05, 0.1) is 13.3 Å². The molecule has 1 saturated heterocycles. The van der Waals surface area contributed by atoms with Crippen LogP contribution in [0.3, 0.4) is 0 Å². The quantitative estimate of drug-likeness (QED) is 0.689. The van der Waals surface area contributed by atoms with Crippen LogP contribution < -0.4 is 10.1 Å². The zero-order valence-corrected chi connectivity index (χ0v) is 14.6. The van der Waals surface area contributed by atoms with Crippen molar-refractivity contribution >= 4 is 5.96 Å². The Balaban J connectivity index is 1.59. The fraction of sp³-hybridized carbons (Fsp3) is 0.444. The Morgan fingerprint density at radius 3 is 3.04 bits per heavy atom. The van der Waals surface area contributed by atoms with Crippen LogP contribution in [0.15, 0.2) is 41.7 Å². The van der Waals surface area contributed by atoms with E-state index in [9.17, 15) is 0 Å². The smallest absolute Gasteiger partial charge is 0.193 e. The first kappa shape index (κ1) is 16.4. The summed E-state index contributed by atoms with van der Waals surface area (Å²) < 4.78 is 7.15. The molecule has 2 aromatic rings. The van der Waals surface area contributed by atoms with Crippen molar-refractivity contribution in [2.75, 3.05) is 27.2 Å². The summed E-state index contributed by atoms with van der Waals surface area (Å²) >= 11 is 0. The first-order valence-corrected chi connectivity index (χ1v) is 8.26. The second kappa shape index (κ2) is 7.38. The van der Waals surface area contributed by atoms with E-state index < -0.39 is 0 Å². The Bertz CT molecular complexity index is 709. The average molecular weight is 327 g/mol. The van der Waals surface area contributed by atoms with Crippen LogP contribution in [0.1, 0.15) is 23.5 Å². The molecule has 6 heteroatoms. The minimum absolute atomic E-state index is 0.522. The summed E-state index contributed by atoms with van der Waals surface area (Å²) in [6.07, 6.45) is 5.22.